The minimum absolute atomic E-state index is 0.171. The van der Waals surface area contributed by atoms with E-state index in [1.807, 2.05) is 6.07 Å². The van der Waals surface area contributed by atoms with Crippen molar-refractivity contribution in [3.8, 4) is 6.07 Å². The molecular formula is C15H10F4N2. The highest BCUT2D eigenvalue weighted by Crippen LogP contribution is 2.29. The fourth-order valence-corrected chi connectivity index (χ4v) is 1.77. The average Bonchev–Trinajstić information content (AvgIpc) is 2.44. The lowest BCUT2D eigenvalue weighted by molar-refractivity contribution is -0.137. The lowest BCUT2D eigenvalue weighted by Crippen LogP contribution is -2.05. The predicted molar refractivity (Wildman–Crippen MR) is 69.9 cm³/mol. The molecule has 0 aliphatic rings. The summed E-state index contributed by atoms with van der Waals surface area (Å²) in [7, 11) is 0. The first-order chi connectivity index (χ1) is 9.88. The molecule has 0 saturated carbocycles. The molecule has 0 aliphatic heterocycles. The molecule has 0 unspecified atom stereocenters. The molecule has 0 aromatic heterocycles. The highest BCUT2D eigenvalue weighted by molar-refractivity contribution is 5.50. The zero-order chi connectivity index (χ0) is 15.5. The normalized spacial score (nSPS) is 11.0. The molecule has 0 amide bonds. The molecule has 0 fully saturated rings. The highest BCUT2D eigenvalue weighted by atomic mass is 19.4. The van der Waals surface area contributed by atoms with Gasteiger partial charge in [-0.05, 0) is 35.9 Å². The van der Waals surface area contributed by atoms with Crippen molar-refractivity contribution in [2.24, 2.45) is 0 Å². The molecule has 0 spiro atoms. The van der Waals surface area contributed by atoms with Crippen LogP contribution < -0.4 is 5.32 Å². The van der Waals surface area contributed by atoms with E-state index >= 15 is 0 Å². The first-order valence-corrected chi connectivity index (χ1v) is 5.99. The van der Waals surface area contributed by atoms with E-state index in [-0.39, 0.29) is 12.1 Å². The van der Waals surface area contributed by atoms with E-state index < -0.39 is 17.6 Å². The third kappa shape index (κ3) is 3.96. The Morgan fingerprint density at radius 1 is 1.05 bits per heavy atom. The standard InChI is InChI=1S/C15H10F4N2/c16-13-5-11(8-20)6-14(7-13)21-9-10-1-3-12(4-2-10)15(17,18)19/h1-7,21H,9H2. The van der Waals surface area contributed by atoms with Crippen LogP contribution in [0.1, 0.15) is 16.7 Å². The Kier molecular flexibility index (Phi) is 4.13. The van der Waals surface area contributed by atoms with E-state index in [1.165, 1.54) is 24.3 Å². The van der Waals surface area contributed by atoms with E-state index in [0.29, 0.717) is 11.3 Å². The first kappa shape index (κ1) is 14.9. The van der Waals surface area contributed by atoms with Gasteiger partial charge in [-0.3, -0.25) is 0 Å². The molecule has 2 rings (SSSR count). The van der Waals surface area contributed by atoms with Gasteiger partial charge in [-0.25, -0.2) is 4.39 Å². The van der Waals surface area contributed by atoms with Crippen LogP contribution >= 0.6 is 0 Å². The van der Waals surface area contributed by atoms with Crippen LogP contribution in [-0.4, -0.2) is 0 Å². The van der Waals surface area contributed by atoms with Crippen LogP contribution in [0.4, 0.5) is 23.2 Å². The molecule has 108 valence electrons. The summed E-state index contributed by atoms with van der Waals surface area (Å²) in [6.07, 6.45) is -4.36. The highest BCUT2D eigenvalue weighted by Gasteiger charge is 2.29. The Balaban J connectivity index is 2.07. The summed E-state index contributed by atoms with van der Waals surface area (Å²) in [5.74, 6) is -0.552. The summed E-state index contributed by atoms with van der Waals surface area (Å²) in [6.45, 7) is 0.229. The lowest BCUT2D eigenvalue weighted by atomic mass is 10.1. The molecule has 0 atom stereocenters. The monoisotopic (exact) mass is 294 g/mol. The Bertz CT molecular complexity index is 670. The van der Waals surface area contributed by atoms with Crippen molar-refractivity contribution in [3.05, 3.63) is 65.0 Å². The minimum Gasteiger partial charge on any atom is -0.381 e. The summed E-state index contributed by atoms with van der Waals surface area (Å²) >= 11 is 0. The summed E-state index contributed by atoms with van der Waals surface area (Å²) in [5, 5.41) is 11.6. The second-order valence-electron chi connectivity index (χ2n) is 4.39. The van der Waals surface area contributed by atoms with Gasteiger partial charge >= 0.3 is 6.18 Å². The number of alkyl halides is 3. The number of halogens is 4. The number of rotatable bonds is 3. The maximum atomic E-state index is 13.2. The van der Waals surface area contributed by atoms with Gasteiger partial charge in [-0.2, -0.15) is 18.4 Å². The zero-order valence-corrected chi connectivity index (χ0v) is 10.7. The molecule has 6 heteroatoms. The Morgan fingerprint density at radius 2 is 1.71 bits per heavy atom. The van der Waals surface area contributed by atoms with Crippen LogP contribution in [0.5, 0.6) is 0 Å². The molecule has 0 radical (unpaired) electrons. The minimum atomic E-state index is -4.36. The van der Waals surface area contributed by atoms with E-state index in [1.54, 1.807) is 0 Å². The predicted octanol–water partition coefficient (Wildman–Crippen LogP) is 4.33. The van der Waals surface area contributed by atoms with Crippen LogP contribution in [0, 0.1) is 17.1 Å². The van der Waals surface area contributed by atoms with Gasteiger partial charge in [0.25, 0.3) is 0 Å². The smallest absolute Gasteiger partial charge is 0.381 e. The van der Waals surface area contributed by atoms with Gasteiger partial charge < -0.3 is 5.32 Å². The van der Waals surface area contributed by atoms with Gasteiger partial charge in [0.1, 0.15) is 5.82 Å². The van der Waals surface area contributed by atoms with Crippen LogP contribution in [0.15, 0.2) is 42.5 Å². The van der Waals surface area contributed by atoms with Gasteiger partial charge in [-0.15, -0.1) is 0 Å². The van der Waals surface area contributed by atoms with Gasteiger partial charge in [-0.1, -0.05) is 12.1 Å². The largest absolute Gasteiger partial charge is 0.416 e. The van der Waals surface area contributed by atoms with Crippen LogP contribution in [0.3, 0.4) is 0 Å². The number of nitrogens with one attached hydrogen (secondary N) is 1. The Morgan fingerprint density at radius 3 is 2.29 bits per heavy atom. The second-order valence-corrected chi connectivity index (χ2v) is 4.39. The third-order valence-electron chi connectivity index (χ3n) is 2.80. The van der Waals surface area contributed by atoms with Crippen molar-refractivity contribution in [2.45, 2.75) is 12.7 Å². The molecule has 2 aromatic rings. The number of hydrogen-bond donors (Lipinski definition) is 1. The fraction of sp³-hybridized carbons (Fsp3) is 0.133. The second kappa shape index (κ2) is 5.83. The average molecular weight is 294 g/mol. The van der Waals surface area contributed by atoms with E-state index in [9.17, 15) is 17.6 Å². The third-order valence-corrected chi connectivity index (χ3v) is 2.80. The van der Waals surface area contributed by atoms with Gasteiger partial charge in [0.05, 0.1) is 17.2 Å². The quantitative estimate of drug-likeness (QED) is 0.855. The maximum absolute atomic E-state index is 13.2. The Hall–Kier alpha value is -2.55. The zero-order valence-electron chi connectivity index (χ0n) is 10.7. The molecule has 21 heavy (non-hydrogen) atoms. The summed E-state index contributed by atoms with van der Waals surface area (Å²) in [4.78, 5) is 0. The number of anilines is 1. The molecular weight excluding hydrogens is 284 g/mol. The number of nitriles is 1. The topological polar surface area (TPSA) is 35.8 Å². The van der Waals surface area contributed by atoms with Gasteiger partial charge in [0.15, 0.2) is 0 Å². The number of benzene rings is 2. The van der Waals surface area contributed by atoms with E-state index in [4.69, 9.17) is 5.26 Å². The molecule has 0 aliphatic carbocycles. The summed E-state index contributed by atoms with van der Waals surface area (Å²) in [5.41, 5.74) is 0.464. The molecule has 0 bridgehead atoms. The fourth-order valence-electron chi connectivity index (χ4n) is 1.77. The van der Waals surface area contributed by atoms with E-state index in [0.717, 1.165) is 18.2 Å². The van der Waals surface area contributed by atoms with Crippen molar-refractivity contribution in [1.82, 2.24) is 0 Å². The first-order valence-electron chi connectivity index (χ1n) is 5.99. The molecule has 2 nitrogen and oxygen atoms in total. The van der Waals surface area contributed by atoms with Crippen molar-refractivity contribution < 1.29 is 17.6 Å². The van der Waals surface area contributed by atoms with Crippen LogP contribution in [-0.2, 0) is 12.7 Å². The molecule has 2 aromatic carbocycles. The van der Waals surface area contributed by atoms with E-state index in [2.05, 4.69) is 5.32 Å². The maximum Gasteiger partial charge on any atom is 0.416 e. The van der Waals surface area contributed by atoms with Crippen LogP contribution in [0.2, 0.25) is 0 Å². The van der Waals surface area contributed by atoms with Crippen molar-refractivity contribution in [2.75, 3.05) is 5.32 Å². The van der Waals surface area contributed by atoms with Crippen LogP contribution in [0.25, 0.3) is 0 Å². The Labute approximate surface area is 118 Å². The number of nitrogens with zero attached hydrogens (tertiary/aromatic N) is 1. The molecule has 0 heterocycles. The van der Waals surface area contributed by atoms with Gasteiger partial charge in [0.2, 0.25) is 0 Å². The van der Waals surface area contributed by atoms with Crippen molar-refractivity contribution >= 4 is 5.69 Å². The molecule has 1 N–H and O–H groups in total. The SMILES string of the molecule is N#Cc1cc(F)cc(NCc2ccc(C(F)(F)F)cc2)c1. The van der Waals surface area contributed by atoms with Crippen molar-refractivity contribution in [1.29, 1.82) is 5.26 Å². The van der Waals surface area contributed by atoms with Gasteiger partial charge in [0, 0.05) is 12.2 Å². The number of hydrogen-bond acceptors (Lipinski definition) is 2. The molecule has 0 saturated heterocycles. The lowest BCUT2D eigenvalue weighted by Gasteiger charge is -2.09. The van der Waals surface area contributed by atoms with Crippen molar-refractivity contribution in [3.63, 3.8) is 0 Å². The summed E-state index contributed by atoms with van der Waals surface area (Å²) in [6, 6.07) is 10.3. The summed E-state index contributed by atoms with van der Waals surface area (Å²) < 4.78 is 50.4.